The summed E-state index contributed by atoms with van der Waals surface area (Å²) in [7, 11) is 0. The lowest BCUT2D eigenvalue weighted by Gasteiger charge is -2.41. The largest absolute Gasteiger partial charge is 0.491 e. The summed E-state index contributed by atoms with van der Waals surface area (Å²) in [4.78, 5) is 27.6. The summed E-state index contributed by atoms with van der Waals surface area (Å²) in [6.45, 7) is 7.99. The second kappa shape index (κ2) is 9.64. The Morgan fingerprint density at radius 3 is 2.66 bits per heavy atom. The normalized spacial score (nSPS) is 22.8. The van der Waals surface area contributed by atoms with Crippen LogP contribution in [0.5, 0.6) is 5.75 Å². The molecule has 5 nitrogen and oxygen atoms in total. The van der Waals surface area contributed by atoms with Crippen molar-refractivity contribution in [1.82, 2.24) is 10.2 Å². The molecule has 1 saturated heterocycles. The minimum atomic E-state index is -0.360. The van der Waals surface area contributed by atoms with E-state index in [2.05, 4.69) is 31.3 Å². The number of hydrogen-bond donors (Lipinski definition) is 1. The Bertz CT molecular complexity index is 708. The summed E-state index contributed by atoms with van der Waals surface area (Å²) in [5, 5.41) is 3.20. The van der Waals surface area contributed by atoms with E-state index in [4.69, 9.17) is 4.74 Å². The topological polar surface area (TPSA) is 58.6 Å². The van der Waals surface area contributed by atoms with Gasteiger partial charge in [0.05, 0.1) is 11.5 Å². The SMILES string of the molecule is CC(C)CC(=O)N1CCC2(CCCCc3ccccc3OC[C@@H](C)NC2=O)CC1. The smallest absolute Gasteiger partial charge is 0.226 e. The van der Waals surface area contributed by atoms with Crippen molar-refractivity contribution in [3.63, 3.8) is 0 Å². The van der Waals surface area contributed by atoms with Gasteiger partial charge in [-0.1, -0.05) is 38.5 Å². The number of nitrogens with zero attached hydrogens (tertiary/aromatic N) is 1. The Balaban J connectivity index is 1.68. The average Bonchev–Trinajstić information content (AvgIpc) is 2.69. The first-order valence-corrected chi connectivity index (χ1v) is 11.2. The molecule has 0 unspecified atom stereocenters. The van der Waals surface area contributed by atoms with E-state index < -0.39 is 0 Å². The number of fused-ring (bicyclic) bond motifs is 1. The molecular weight excluding hydrogens is 364 g/mol. The molecule has 1 atom stereocenters. The molecule has 0 aromatic heterocycles. The van der Waals surface area contributed by atoms with Crippen molar-refractivity contribution < 1.29 is 14.3 Å². The first-order valence-electron chi connectivity index (χ1n) is 11.2. The maximum atomic E-state index is 13.2. The van der Waals surface area contributed by atoms with Crippen LogP contribution in [0.4, 0.5) is 0 Å². The number of rotatable bonds is 2. The number of carbonyl (C=O) groups excluding carboxylic acids is 2. The number of benzene rings is 1. The molecule has 1 aromatic carbocycles. The number of ether oxygens (including phenoxy) is 1. The lowest BCUT2D eigenvalue weighted by atomic mass is 9.73. The molecule has 160 valence electrons. The van der Waals surface area contributed by atoms with Gasteiger partial charge in [0.2, 0.25) is 11.8 Å². The minimum Gasteiger partial charge on any atom is -0.491 e. The molecule has 5 heteroatoms. The number of aryl methyl sites for hydroxylation is 1. The molecule has 29 heavy (non-hydrogen) atoms. The van der Waals surface area contributed by atoms with Gasteiger partial charge in [0.1, 0.15) is 12.4 Å². The molecule has 2 amide bonds. The molecule has 0 aliphatic carbocycles. The van der Waals surface area contributed by atoms with Crippen LogP contribution in [0.15, 0.2) is 24.3 Å². The summed E-state index contributed by atoms with van der Waals surface area (Å²) in [6, 6.07) is 8.16. The molecule has 2 aliphatic rings. The number of nitrogens with one attached hydrogen (secondary N) is 1. The van der Waals surface area contributed by atoms with E-state index >= 15 is 0 Å². The Morgan fingerprint density at radius 2 is 1.93 bits per heavy atom. The predicted molar refractivity (Wildman–Crippen MR) is 115 cm³/mol. The first-order chi connectivity index (χ1) is 13.9. The Hall–Kier alpha value is -2.04. The van der Waals surface area contributed by atoms with Crippen LogP contribution >= 0.6 is 0 Å². The van der Waals surface area contributed by atoms with E-state index in [1.807, 2.05) is 24.0 Å². The quantitative estimate of drug-likeness (QED) is 0.818. The van der Waals surface area contributed by atoms with Gasteiger partial charge in [-0.25, -0.2) is 0 Å². The number of para-hydroxylation sites is 1. The van der Waals surface area contributed by atoms with Crippen molar-refractivity contribution in [2.75, 3.05) is 19.7 Å². The molecular formula is C24H36N2O3. The van der Waals surface area contributed by atoms with Gasteiger partial charge in [-0.3, -0.25) is 9.59 Å². The van der Waals surface area contributed by atoms with Crippen LogP contribution in [0, 0.1) is 11.3 Å². The molecule has 0 saturated carbocycles. The van der Waals surface area contributed by atoms with Crippen LogP contribution in [0.2, 0.25) is 0 Å². The van der Waals surface area contributed by atoms with Crippen molar-refractivity contribution in [3.8, 4) is 5.75 Å². The summed E-state index contributed by atoms with van der Waals surface area (Å²) >= 11 is 0. The summed E-state index contributed by atoms with van der Waals surface area (Å²) in [6.07, 6.45) is 6.02. The molecule has 2 aliphatic heterocycles. The minimum absolute atomic E-state index is 0.0486. The zero-order valence-electron chi connectivity index (χ0n) is 18.2. The highest BCUT2D eigenvalue weighted by molar-refractivity contribution is 5.83. The van der Waals surface area contributed by atoms with Gasteiger partial charge in [0.25, 0.3) is 0 Å². The second-order valence-electron chi connectivity index (χ2n) is 9.26. The fourth-order valence-corrected chi connectivity index (χ4v) is 4.52. The summed E-state index contributed by atoms with van der Waals surface area (Å²) < 4.78 is 6.01. The fourth-order valence-electron chi connectivity index (χ4n) is 4.52. The lowest BCUT2D eigenvalue weighted by molar-refractivity contribution is -0.142. The van der Waals surface area contributed by atoms with Gasteiger partial charge in [0.15, 0.2) is 0 Å². The highest BCUT2D eigenvalue weighted by atomic mass is 16.5. The summed E-state index contributed by atoms with van der Waals surface area (Å²) in [5.41, 5.74) is 0.886. The van der Waals surface area contributed by atoms with E-state index in [-0.39, 0.29) is 23.3 Å². The molecule has 2 heterocycles. The van der Waals surface area contributed by atoms with Crippen LogP contribution in [-0.2, 0) is 16.0 Å². The standard InChI is InChI=1S/C24H36N2O3/c1-18(2)16-22(27)26-14-12-24(13-15-26)11-7-6-9-20-8-4-5-10-21(20)29-17-19(3)25-23(24)28/h4-5,8,10,18-19H,6-7,9,11-17H2,1-3H3,(H,25,28)/t19-/m1/s1. The van der Waals surface area contributed by atoms with E-state index in [0.29, 0.717) is 32.0 Å². The third-order valence-electron chi connectivity index (χ3n) is 6.33. The number of piperidine rings is 1. The van der Waals surface area contributed by atoms with Gasteiger partial charge in [0, 0.05) is 19.5 Å². The highest BCUT2D eigenvalue weighted by Crippen LogP contribution is 2.38. The van der Waals surface area contributed by atoms with Gasteiger partial charge in [-0.05, 0) is 56.6 Å². The molecule has 0 radical (unpaired) electrons. The van der Waals surface area contributed by atoms with E-state index in [1.165, 1.54) is 5.56 Å². The van der Waals surface area contributed by atoms with Gasteiger partial charge in [-0.15, -0.1) is 0 Å². The van der Waals surface area contributed by atoms with E-state index in [0.717, 1.165) is 44.3 Å². The van der Waals surface area contributed by atoms with Crippen LogP contribution in [0.3, 0.4) is 0 Å². The molecule has 0 bridgehead atoms. The van der Waals surface area contributed by atoms with Crippen molar-refractivity contribution in [2.24, 2.45) is 11.3 Å². The van der Waals surface area contributed by atoms with Crippen molar-refractivity contribution >= 4 is 11.8 Å². The average molecular weight is 401 g/mol. The second-order valence-corrected chi connectivity index (χ2v) is 9.26. The van der Waals surface area contributed by atoms with E-state index in [1.54, 1.807) is 0 Å². The molecule has 1 aromatic rings. The zero-order valence-corrected chi connectivity index (χ0v) is 18.2. The monoisotopic (exact) mass is 400 g/mol. The van der Waals surface area contributed by atoms with Crippen molar-refractivity contribution in [3.05, 3.63) is 29.8 Å². The Kier molecular flexibility index (Phi) is 7.20. The van der Waals surface area contributed by atoms with Gasteiger partial charge < -0.3 is 15.0 Å². The van der Waals surface area contributed by atoms with Gasteiger partial charge >= 0.3 is 0 Å². The lowest BCUT2D eigenvalue weighted by Crippen LogP contribution is -2.52. The maximum Gasteiger partial charge on any atom is 0.226 e. The van der Waals surface area contributed by atoms with Crippen LogP contribution < -0.4 is 10.1 Å². The van der Waals surface area contributed by atoms with Crippen LogP contribution in [0.1, 0.15) is 64.9 Å². The van der Waals surface area contributed by atoms with Crippen LogP contribution in [0.25, 0.3) is 0 Å². The molecule has 1 spiro atoms. The third-order valence-corrected chi connectivity index (χ3v) is 6.33. The first kappa shape index (κ1) is 21.7. The van der Waals surface area contributed by atoms with Crippen molar-refractivity contribution in [2.45, 2.75) is 71.8 Å². The van der Waals surface area contributed by atoms with E-state index in [9.17, 15) is 9.59 Å². The third kappa shape index (κ3) is 5.52. The maximum absolute atomic E-state index is 13.2. The number of likely N-dealkylation sites (tertiary alicyclic amines) is 1. The predicted octanol–water partition coefficient (Wildman–Crippen LogP) is 3.95. The Labute approximate surface area is 175 Å². The Morgan fingerprint density at radius 1 is 1.21 bits per heavy atom. The number of carbonyl (C=O) groups is 2. The number of hydrogen-bond acceptors (Lipinski definition) is 3. The summed E-state index contributed by atoms with van der Waals surface area (Å²) in [5.74, 6) is 1.66. The van der Waals surface area contributed by atoms with Crippen molar-refractivity contribution in [1.29, 1.82) is 0 Å². The molecule has 1 N–H and O–H groups in total. The number of amides is 2. The van der Waals surface area contributed by atoms with Crippen LogP contribution in [-0.4, -0.2) is 42.5 Å². The fraction of sp³-hybridized carbons (Fsp3) is 0.667. The molecule has 3 rings (SSSR count). The van der Waals surface area contributed by atoms with Gasteiger partial charge in [-0.2, -0.15) is 0 Å². The highest BCUT2D eigenvalue weighted by Gasteiger charge is 2.42. The zero-order chi connectivity index (χ0) is 20.9. The molecule has 1 fully saturated rings.